The van der Waals surface area contributed by atoms with Crippen molar-refractivity contribution in [2.75, 3.05) is 4.90 Å². The number of benzene rings is 5. The molecule has 11 rings (SSSR count). The molecule has 2 fully saturated rings. The topological polar surface area (TPSA) is 150 Å². The Balaban J connectivity index is 0.000000176. The van der Waals surface area contributed by atoms with Crippen molar-refractivity contribution in [2.24, 2.45) is 22.7 Å². The second kappa shape index (κ2) is 13.6. The zero-order valence-corrected chi connectivity index (χ0v) is 33.1. The standard InChI is InChI=1S/C30H24Cl2N4O3.C16H10N2O2/c1-15(2)14-20-23-24(28(39)35(27(23)38)22-13-7-10-18(31)25(22)32)30(34-20)17-9-4-6-12-21(17)36-26(37)16-8-3-5-11-19(16)33-29(30)36;19-15-10-6-2-4-8-12(10)17-14(15)13-9-5-1-3-7-11(9)18-16(13)20/h3-13,15,20,23-24,34H,14H2,1-2H3;1-8,18,20H/t20?,23-,24+,30?;/m0./s1. The van der Waals surface area contributed by atoms with Gasteiger partial charge < -0.3 is 10.1 Å². The van der Waals surface area contributed by atoms with Crippen LogP contribution in [0.5, 0.6) is 5.88 Å². The lowest BCUT2D eigenvalue weighted by Crippen LogP contribution is -2.50. The molecule has 4 atom stereocenters. The molecule has 6 heterocycles. The number of amides is 2. The monoisotopic (exact) mass is 820 g/mol. The number of Topliss-reactive ketones (excluding diaryl/α,β-unsaturated/α-hetero) is 1. The van der Waals surface area contributed by atoms with Gasteiger partial charge in [-0.05, 0) is 60.9 Å². The maximum absolute atomic E-state index is 14.5. The molecule has 0 radical (unpaired) electrons. The van der Waals surface area contributed by atoms with Crippen LogP contribution < -0.4 is 15.8 Å². The highest BCUT2D eigenvalue weighted by Gasteiger charge is 2.70. The normalized spacial score (nSPS) is 21.2. The number of nitrogens with one attached hydrogen (secondary N) is 2. The fourth-order valence-electron chi connectivity index (χ4n) is 9.43. The zero-order valence-electron chi connectivity index (χ0n) is 31.6. The summed E-state index contributed by atoms with van der Waals surface area (Å²) in [5, 5.41) is 15.5. The van der Waals surface area contributed by atoms with Crippen LogP contribution in [0.15, 0.2) is 125 Å². The number of hydrogen-bond donors (Lipinski definition) is 3. The second-order valence-electron chi connectivity index (χ2n) is 15.6. The number of H-pyrrole nitrogens is 1. The summed E-state index contributed by atoms with van der Waals surface area (Å²) in [5.41, 5.74) is 3.60. The average Bonchev–Trinajstić information content (AvgIpc) is 3.99. The van der Waals surface area contributed by atoms with Crippen LogP contribution in [0.4, 0.5) is 11.4 Å². The molecule has 59 heavy (non-hydrogen) atoms. The molecule has 4 aliphatic rings. The van der Waals surface area contributed by atoms with Crippen LogP contribution in [0.1, 0.15) is 47.6 Å². The van der Waals surface area contributed by atoms with Crippen LogP contribution in [0.25, 0.3) is 27.5 Å². The van der Waals surface area contributed by atoms with E-state index in [9.17, 15) is 24.3 Å². The summed E-state index contributed by atoms with van der Waals surface area (Å²) in [6, 6.07) is 34.0. The Labute approximate surface area is 346 Å². The van der Waals surface area contributed by atoms with Crippen molar-refractivity contribution < 1.29 is 19.5 Å². The largest absolute Gasteiger partial charge is 0.494 e. The summed E-state index contributed by atoms with van der Waals surface area (Å²) in [7, 11) is 0. The molecule has 0 saturated carbocycles. The maximum atomic E-state index is 14.5. The fraction of sp³-hybridized carbons (Fsp3) is 0.174. The van der Waals surface area contributed by atoms with Crippen molar-refractivity contribution in [3.63, 3.8) is 0 Å². The Bertz CT molecular complexity index is 3060. The highest BCUT2D eigenvalue weighted by atomic mass is 35.5. The number of halogens is 2. The van der Waals surface area contributed by atoms with Crippen LogP contribution >= 0.6 is 23.2 Å². The molecule has 3 N–H and O–H groups in total. The predicted molar refractivity (Wildman–Crippen MR) is 227 cm³/mol. The molecule has 4 aliphatic heterocycles. The molecule has 11 nitrogen and oxygen atoms in total. The molecular formula is C46H34Cl2N6O5. The fourth-order valence-corrected chi connectivity index (χ4v) is 9.81. The van der Waals surface area contributed by atoms with E-state index in [1.165, 1.54) is 4.90 Å². The molecule has 2 aromatic heterocycles. The van der Waals surface area contributed by atoms with E-state index >= 15 is 0 Å². The first-order valence-electron chi connectivity index (χ1n) is 19.3. The third-order valence-electron chi connectivity index (χ3n) is 11.8. The third-order valence-corrected chi connectivity index (χ3v) is 12.6. The molecule has 7 aromatic rings. The molecule has 0 bridgehead atoms. The average molecular weight is 822 g/mol. The molecule has 13 heteroatoms. The van der Waals surface area contributed by atoms with Crippen LogP contribution in [0, 0.1) is 17.8 Å². The number of carbonyl (C=O) groups is 3. The van der Waals surface area contributed by atoms with Gasteiger partial charge in [-0.3, -0.25) is 29.1 Å². The van der Waals surface area contributed by atoms with Gasteiger partial charge in [-0.25, -0.2) is 14.9 Å². The Morgan fingerprint density at radius 2 is 1.49 bits per heavy atom. The van der Waals surface area contributed by atoms with Crippen molar-refractivity contribution >= 4 is 79.7 Å². The first-order valence-corrected chi connectivity index (χ1v) is 20.0. The summed E-state index contributed by atoms with van der Waals surface area (Å²) in [4.78, 5) is 68.4. The van der Waals surface area contributed by atoms with E-state index in [4.69, 9.17) is 28.2 Å². The molecular weight excluding hydrogens is 787 g/mol. The summed E-state index contributed by atoms with van der Waals surface area (Å²) in [6.45, 7) is 4.17. The number of ketones is 1. The summed E-state index contributed by atoms with van der Waals surface area (Å²) >= 11 is 12.8. The lowest BCUT2D eigenvalue weighted by atomic mass is 9.75. The minimum Gasteiger partial charge on any atom is -0.494 e. The van der Waals surface area contributed by atoms with Crippen LogP contribution in [-0.2, 0) is 15.1 Å². The molecule has 2 unspecified atom stereocenters. The highest BCUT2D eigenvalue weighted by molar-refractivity contribution is 6.56. The lowest BCUT2D eigenvalue weighted by molar-refractivity contribution is -0.123. The number of aromatic hydroxyl groups is 1. The number of carbonyl (C=O) groups excluding carboxylic acids is 3. The van der Waals surface area contributed by atoms with Gasteiger partial charge in [-0.15, -0.1) is 0 Å². The maximum Gasteiger partial charge on any atom is 0.266 e. The van der Waals surface area contributed by atoms with Crippen LogP contribution in [0.3, 0.4) is 0 Å². The second-order valence-corrected chi connectivity index (χ2v) is 16.4. The number of aliphatic imine (C=N–C) groups is 1. The summed E-state index contributed by atoms with van der Waals surface area (Å²) in [6.07, 6.45) is 0.652. The Hall–Kier alpha value is -6.40. The quantitative estimate of drug-likeness (QED) is 0.151. The molecule has 2 amide bonds. The first-order chi connectivity index (χ1) is 28.5. The van der Waals surface area contributed by atoms with Crippen LogP contribution in [0.2, 0.25) is 10.0 Å². The van der Waals surface area contributed by atoms with Crippen LogP contribution in [-0.4, -0.2) is 49.0 Å². The summed E-state index contributed by atoms with van der Waals surface area (Å²) in [5.74, 6) is -1.75. The van der Waals surface area contributed by atoms with Gasteiger partial charge in [0.2, 0.25) is 17.6 Å². The number of para-hydroxylation sites is 4. The van der Waals surface area contributed by atoms with E-state index in [1.54, 1.807) is 47.0 Å². The third kappa shape index (κ3) is 5.31. The van der Waals surface area contributed by atoms with Crippen molar-refractivity contribution in [3.8, 4) is 11.6 Å². The zero-order chi connectivity index (χ0) is 40.9. The van der Waals surface area contributed by atoms with E-state index in [2.05, 4.69) is 29.1 Å². The van der Waals surface area contributed by atoms with Crippen molar-refractivity contribution in [1.29, 1.82) is 0 Å². The Morgan fingerprint density at radius 3 is 2.29 bits per heavy atom. The van der Waals surface area contributed by atoms with Gasteiger partial charge in [0.1, 0.15) is 17.1 Å². The van der Waals surface area contributed by atoms with E-state index < -0.39 is 23.3 Å². The number of hydrogen-bond acceptors (Lipinski definition) is 8. The Morgan fingerprint density at radius 1 is 0.797 bits per heavy atom. The number of aromatic amines is 1. The van der Waals surface area contributed by atoms with Gasteiger partial charge >= 0.3 is 0 Å². The van der Waals surface area contributed by atoms with Gasteiger partial charge in [-0.2, -0.15) is 0 Å². The number of nitrogens with zero attached hydrogens (tertiary/aromatic N) is 4. The molecule has 0 aliphatic carbocycles. The molecule has 292 valence electrons. The van der Waals surface area contributed by atoms with Crippen molar-refractivity contribution in [1.82, 2.24) is 19.9 Å². The molecule has 1 spiro atoms. The van der Waals surface area contributed by atoms with Gasteiger partial charge in [0.05, 0.1) is 55.4 Å². The van der Waals surface area contributed by atoms with E-state index in [0.717, 1.165) is 16.5 Å². The van der Waals surface area contributed by atoms with Gasteiger partial charge in [0, 0.05) is 28.1 Å². The smallest absolute Gasteiger partial charge is 0.266 e. The highest BCUT2D eigenvalue weighted by Crippen LogP contribution is 2.57. The van der Waals surface area contributed by atoms with E-state index in [-0.39, 0.29) is 50.8 Å². The van der Waals surface area contributed by atoms with E-state index in [0.29, 0.717) is 51.4 Å². The molecule has 2 saturated heterocycles. The number of rotatable bonds is 4. The SMILES string of the molecule is CC(C)CC1NC2(c3ccccc3-n3c2nc2ccccc2c3=O)[C@H]2C(=O)N(c3cccc(Cl)c3Cl)C(=O)[C@@H]12.O=C1C(c2c(O)[nH]c3ccccc23)=Nc2ccccc21. The number of anilines is 1. The predicted octanol–water partition coefficient (Wildman–Crippen LogP) is 8.26. The molecule has 5 aromatic carbocycles. The van der Waals surface area contributed by atoms with Crippen molar-refractivity contribution in [3.05, 3.63) is 158 Å². The number of fused-ring (bicyclic) bond motifs is 10. The van der Waals surface area contributed by atoms with Gasteiger partial charge in [0.25, 0.3) is 5.56 Å². The lowest BCUT2D eigenvalue weighted by Gasteiger charge is -2.32. The van der Waals surface area contributed by atoms with Gasteiger partial charge in [-0.1, -0.05) is 104 Å². The minimum atomic E-state index is -1.18. The van der Waals surface area contributed by atoms with Crippen molar-refractivity contribution in [2.45, 2.75) is 31.8 Å². The summed E-state index contributed by atoms with van der Waals surface area (Å²) < 4.78 is 1.60. The minimum absolute atomic E-state index is 0.0221. The van der Waals surface area contributed by atoms with E-state index in [1.807, 2.05) is 72.8 Å². The Kier molecular flexibility index (Phi) is 8.50. The first kappa shape index (κ1) is 36.9. The number of aromatic nitrogens is 3. The number of imide groups is 1. The van der Waals surface area contributed by atoms with Gasteiger partial charge in [0.15, 0.2) is 5.88 Å².